The van der Waals surface area contributed by atoms with E-state index < -0.39 is 0 Å². The number of nitrogens with two attached hydrogens (primary N) is 1. The molecule has 0 saturated carbocycles. The first-order valence-electron chi connectivity index (χ1n) is 7.16. The van der Waals surface area contributed by atoms with Crippen LogP contribution in [0.25, 0.3) is 11.0 Å². The predicted molar refractivity (Wildman–Crippen MR) is 78.3 cm³/mol. The Morgan fingerprint density at radius 1 is 1.45 bits per heavy atom. The molecule has 1 fully saturated rings. The van der Waals surface area contributed by atoms with Crippen LogP contribution in [0.4, 0.5) is 0 Å². The van der Waals surface area contributed by atoms with E-state index in [1.165, 1.54) is 0 Å². The molecule has 106 valence electrons. The van der Waals surface area contributed by atoms with Gasteiger partial charge in [0.2, 0.25) is 5.91 Å². The molecule has 1 unspecified atom stereocenters. The van der Waals surface area contributed by atoms with Crippen molar-refractivity contribution in [1.29, 1.82) is 0 Å². The molecule has 0 bridgehead atoms. The average Bonchev–Trinajstić information content (AvgIpc) is 3.03. The molecule has 3 rings (SSSR count). The fraction of sp³-hybridized carbons (Fsp3) is 0.467. The molecule has 2 N–H and O–H groups in total. The SMILES string of the molecule is CCc1nc2ccccc2n1CC(=O)N1CCC(N)C1. The molecule has 1 atom stereocenters. The van der Waals surface area contributed by atoms with Crippen LogP contribution in [0, 0.1) is 0 Å². The van der Waals surface area contributed by atoms with Gasteiger partial charge >= 0.3 is 0 Å². The molecule has 20 heavy (non-hydrogen) atoms. The number of hydrogen-bond donors (Lipinski definition) is 1. The zero-order valence-corrected chi connectivity index (χ0v) is 11.7. The molecule has 0 spiro atoms. The highest BCUT2D eigenvalue weighted by Gasteiger charge is 2.24. The van der Waals surface area contributed by atoms with Crippen molar-refractivity contribution in [3.05, 3.63) is 30.1 Å². The van der Waals surface area contributed by atoms with E-state index in [4.69, 9.17) is 5.73 Å². The van der Waals surface area contributed by atoms with Crippen molar-refractivity contribution in [1.82, 2.24) is 14.5 Å². The maximum Gasteiger partial charge on any atom is 0.242 e. The van der Waals surface area contributed by atoms with Crippen LogP contribution in [0.3, 0.4) is 0 Å². The molecule has 2 aromatic rings. The number of imidazole rings is 1. The molecule has 1 aromatic heterocycles. The van der Waals surface area contributed by atoms with Crippen molar-refractivity contribution < 1.29 is 4.79 Å². The topological polar surface area (TPSA) is 64.2 Å². The highest BCUT2D eigenvalue weighted by molar-refractivity contribution is 5.81. The van der Waals surface area contributed by atoms with Gasteiger partial charge in [0.15, 0.2) is 0 Å². The number of carbonyl (C=O) groups excluding carboxylic acids is 1. The van der Waals surface area contributed by atoms with Gasteiger partial charge in [-0.15, -0.1) is 0 Å². The lowest BCUT2D eigenvalue weighted by Crippen LogP contribution is -2.34. The minimum absolute atomic E-state index is 0.129. The van der Waals surface area contributed by atoms with Gasteiger partial charge in [0.05, 0.1) is 11.0 Å². The summed E-state index contributed by atoms with van der Waals surface area (Å²) in [6.07, 6.45) is 1.72. The molecule has 1 aliphatic heterocycles. The number of carbonyl (C=O) groups is 1. The lowest BCUT2D eigenvalue weighted by Gasteiger charge is -2.17. The van der Waals surface area contributed by atoms with Gasteiger partial charge in [0.25, 0.3) is 0 Å². The number of aryl methyl sites for hydroxylation is 1. The van der Waals surface area contributed by atoms with Gasteiger partial charge in [-0.1, -0.05) is 19.1 Å². The Bertz CT molecular complexity index is 634. The van der Waals surface area contributed by atoms with Gasteiger partial charge in [0, 0.05) is 25.6 Å². The Labute approximate surface area is 118 Å². The monoisotopic (exact) mass is 272 g/mol. The summed E-state index contributed by atoms with van der Waals surface area (Å²) in [5.74, 6) is 1.10. The minimum atomic E-state index is 0.129. The molecule has 1 aliphatic rings. The third kappa shape index (κ3) is 2.29. The smallest absolute Gasteiger partial charge is 0.242 e. The lowest BCUT2D eigenvalue weighted by molar-refractivity contribution is -0.130. The second-order valence-electron chi connectivity index (χ2n) is 5.34. The Hall–Kier alpha value is -1.88. The van der Waals surface area contributed by atoms with Crippen molar-refractivity contribution in [3.8, 4) is 0 Å². The third-order valence-corrected chi connectivity index (χ3v) is 3.92. The van der Waals surface area contributed by atoms with E-state index in [1.54, 1.807) is 0 Å². The highest BCUT2D eigenvalue weighted by atomic mass is 16.2. The van der Waals surface area contributed by atoms with Gasteiger partial charge < -0.3 is 15.2 Å². The van der Waals surface area contributed by atoms with Gasteiger partial charge in [-0.2, -0.15) is 0 Å². The average molecular weight is 272 g/mol. The highest BCUT2D eigenvalue weighted by Crippen LogP contribution is 2.17. The van der Waals surface area contributed by atoms with Crippen LogP contribution in [0.1, 0.15) is 19.2 Å². The van der Waals surface area contributed by atoms with E-state index >= 15 is 0 Å². The van der Waals surface area contributed by atoms with Crippen molar-refractivity contribution in [2.24, 2.45) is 5.73 Å². The van der Waals surface area contributed by atoms with Gasteiger partial charge in [-0.05, 0) is 18.6 Å². The number of benzene rings is 1. The summed E-state index contributed by atoms with van der Waals surface area (Å²) >= 11 is 0. The molecule has 1 aromatic carbocycles. The summed E-state index contributed by atoms with van der Waals surface area (Å²) in [5.41, 5.74) is 7.85. The largest absolute Gasteiger partial charge is 0.340 e. The van der Waals surface area contributed by atoms with E-state index in [9.17, 15) is 4.79 Å². The van der Waals surface area contributed by atoms with Crippen LogP contribution < -0.4 is 5.73 Å². The molecule has 0 aliphatic carbocycles. The fourth-order valence-electron chi connectivity index (χ4n) is 2.82. The number of aromatic nitrogens is 2. The van der Waals surface area contributed by atoms with Crippen molar-refractivity contribution in [2.45, 2.75) is 32.4 Å². The van der Waals surface area contributed by atoms with Crippen molar-refractivity contribution in [2.75, 3.05) is 13.1 Å². The molecule has 1 saturated heterocycles. The summed E-state index contributed by atoms with van der Waals surface area (Å²) in [6, 6.07) is 8.09. The van der Waals surface area contributed by atoms with Gasteiger partial charge in [-0.25, -0.2) is 4.98 Å². The van der Waals surface area contributed by atoms with E-state index in [0.717, 1.165) is 36.2 Å². The second kappa shape index (κ2) is 5.25. The van der Waals surface area contributed by atoms with Crippen LogP contribution in [-0.4, -0.2) is 39.5 Å². The summed E-state index contributed by atoms with van der Waals surface area (Å²) in [6.45, 7) is 3.87. The zero-order chi connectivity index (χ0) is 14.1. The molecule has 5 heteroatoms. The van der Waals surface area contributed by atoms with Crippen LogP contribution in [-0.2, 0) is 17.8 Å². The molecular weight excluding hydrogens is 252 g/mol. The van der Waals surface area contributed by atoms with Crippen LogP contribution in [0.2, 0.25) is 0 Å². The number of likely N-dealkylation sites (tertiary alicyclic amines) is 1. The Kier molecular flexibility index (Phi) is 3.44. The third-order valence-electron chi connectivity index (χ3n) is 3.92. The van der Waals surface area contributed by atoms with Crippen LogP contribution in [0.15, 0.2) is 24.3 Å². The van der Waals surface area contributed by atoms with E-state index in [0.29, 0.717) is 13.1 Å². The molecule has 5 nitrogen and oxygen atoms in total. The van der Waals surface area contributed by atoms with E-state index in [-0.39, 0.29) is 11.9 Å². The van der Waals surface area contributed by atoms with Gasteiger partial charge in [0.1, 0.15) is 12.4 Å². The maximum atomic E-state index is 12.4. The number of amides is 1. The predicted octanol–water partition coefficient (Wildman–Crippen LogP) is 1.16. The van der Waals surface area contributed by atoms with Gasteiger partial charge in [-0.3, -0.25) is 4.79 Å². The summed E-state index contributed by atoms with van der Waals surface area (Å²) in [5, 5.41) is 0. The van der Waals surface area contributed by atoms with E-state index in [1.807, 2.05) is 33.7 Å². The van der Waals surface area contributed by atoms with Crippen molar-refractivity contribution in [3.63, 3.8) is 0 Å². The molecule has 0 radical (unpaired) electrons. The number of hydrogen-bond acceptors (Lipinski definition) is 3. The fourth-order valence-corrected chi connectivity index (χ4v) is 2.82. The standard InChI is InChI=1S/C15H20N4O/c1-2-14-17-12-5-3-4-6-13(12)19(14)10-15(20)18-8-7-11(16)9-18/h3-6,11H,2,7-10,16H2,1H3. The zero-order valence-electron chi connectivity index (χ0n) is 11.7. The first-order chi connectivity index (χ1) is 9.69. The van der Waals surface area contributed by atoms with Crippen LogP contribution >= 0.6 is 0 Å². The number of nitrogens with zero attached hydrogens (tertiary/aromatic N) is 3. The summed E-state index contributed by atoms with van der Waals surface area (Å²) < 4.78 is 2.03. The maximum absolute atomic E-state index is 12.4. The normalized spacial score (nSPS) is 18.9. The Morgan fingerprint density at radius 2 is 2.25 bits per heavy atom. The van der Waals surface area contributed by atoms with E-state index in [2.05, 4.69) is 11.9 Å². The molecular formula is C15H20N4O. The minimum Gasteiger partial charge on any atom is -0.340 e. The molecule has 1 amide bonds. The Morgan fingerprint density at radius 3 is 2.95 bits per heavy atom. The Balaban J connectivity index is 1.88. The number of para-hydroxylation sites is 2. The van der Waals surface area contributed by atoms with Crippen molar-refractivity contribution >= 4 is 16.9 Å². The first kappa shape index (κ1) is 13.1. The summed E-state index contributed by atoms with van der Waals surface area (Å²) in [4.78, 5) is 18.8. The second-order valence-corrected chi connectivity index (χ2v) is 5.34. The van der Waals surface area contributed by atoms with Crippen LogP contribution in [0.5, 0.6) is 0 Å². The quantitative estimate of drug-likeness (QED) is 0.912. The number of rotatable bonds is 3. The lowest BCUT2D eigenvalue weighted by atomic mass is 10.3. The number of fused-ring (bicyclic) bond motifs is 1. The molecule has 2 heterocycles. The first-order valence-corrected chi connectivity index (χ1v) is 7.16. The summed E-state index contributed by atoms with van der Waals surface area (Å²) in [7, 11) is 0.